The van der Waals surface area contributed by atoms with Crippen LogP contribution in [0.4, 0.5) is 5.82 Å². The van der Waals surface area contributed by atoms with Crippen LogP contribution in [0.5, 0.6) is 0 Å². The molecule has 0 spiro atoms. The van der Waals surface area contributed by atoms with Crippen molar-refractivity contribution >= 4 is 27.4 Å². The molecule has 0 amide bonds. The number of nitrogens with zero attached hydrogens (tertiary/aromatic N) is 2. The Morgan fingerprint density at radius 1 is 1.40 bits per heavy atom. The van der Waals surface area contributed by atoms with Crippen molar-refractivity contribution in [3.63, 3.8) is 0 Å². The third-order valence-corrected chi connectivity index (χ3v) is 5.25. The molecule has 6 heteroatoms. The Kier molecular flexibility index (Phi) is 3.40. The van der Waals surface area contributed by atoms with Crippen molar-refractivity contribution in [1.29, 1.82) is 0 Å². The first-order valence-electron chi connectivity index (χ1n) is 6.96. The second-order valence-electron chi connectivity index (χ2n) is 5.83. The van der Waals surface area contributed by atoms with Crippen LogP contribution in [0.1, 0.15) is 29.6 Å². The number of aryl methyl sites for hydroxylation is 2. The first-order chi connectivity index (χ1) is 9.48. The molecule has 108 valence electrons. The quantitative estimate of drug-likeness (QED) is 0.803. The van der Waals surface area contributed by atoms with E-state index in [1.165, 1.54) is 10.4 Å². The first kappa shape index (κ1) is 13.7. The third kappa shape index (κ3) is 2.39. The summed E-state index contributed by atoms with van der Waals surface area (Å²) in [5.41, 5.74) is 7.44. The molecule has 3 heterocycles. The zero-order valence-electron chi connectivity index (χ0n) is 12.2. The molecule has 3 rings (SSSR count). The number of hydrogen-bond donors (Lipinski definition) is 3. The van der Waals surface area contributed by atoms with Crippen molar-refractivity contribution in [1.82, 2.24) is 20.6 Å². The molecule has 2 aromatic heterocycles. The van der Waals surface area contributed by atoms with Gasteiger partial charge in [0.15, 0.2) is 0 Å². The molecule has 2 aromatic rings. The van der Waals surface area contributed by atoms with Crippen LogP contribution in [0.15, 0.2) is 0 Å². The van der Waals surface area contributed by atoms with E-state index in [4.69, 9.17) is 5.73 Å². The molecule has 4 N–H and O–H groups in total. The number of anilines is 1. The molecular formula is C14H21N5S. The van der Waals surface area contributed by atoms with E-state index in [2.05, 4.69) is 41.4 Å². The number of hydrogen-bond acceptors (Lipinski definition) is 6. The Bertz CT molecular complexity index is 643. The molecule has 20 heavy (non-hydrogen) atoms. The Balaban J connectivity index is 1.85. The maximum atomic E-state index is 6.10. The standard InChI is InChI=1S/C14H21N5S/c1-8-9(2)20-13-11(8)12(15)18-10(19-13)6-17-14(3)4-5-16-7-14/h16-17H,4-7H2,1-3H3,(H2,15,18,19). The molecule has 0 aromatic carbocycles. The highest BCUT2D eigenvalue weighted by Gasteiger charge is 2.27. The number of aromatic nitrogens is 2. The fraction of sp³-hybridized carbons (Fsp3) is 0.571. The average molecular weight is 291 g/mol. The van der Waals surface area contributed by atoms with E-state index in [1.807, 2.05) is 0 Å². The van der Waals surface area contributed by atoms with Crippen LogP contribution in [0.2, 0.25) is 0 Å². The smallest absolute Gasteiger partial charge is 0.146 e. The molecule has 5 nitrogen and oxygen atoms in total. The summed E-state index contributed by atoms with van der Waals surface area (Å²) >= 11 is 1.69. The minimum absolute atomic E-state index is 0.133. The zero-order valence-corrected chi connectivity index (χ0v) is 13.0. The maximum absolute atomic E-state index is 6.10. The van der Waals surface area contributed by atoms with E-state index in [9.17, 15) is 0 Å². The fourth-order valence-electron chi connectivity index (χ4n) is 2.67. The van der Waals surface area contributed by atoms with Gasteiger partial charge >= 0.3 is 0 Å². The fourth-order valence-corrected chi connectivity index (χ4v) is 3.72. The normalized spacial score (nSPS) is 22.8. The zero-order chi connectivity index (χ0) is 14.3. The molecule has 1 unspecified atom stereocenters. The van der Waals surface area contributed by atoms with Crippen molar-refractivity contribution in [2.45, 2.75) is 39.3 Å². The SMILES string of the molecule is Cc1sc2nc(CNC3(C)CCNC3)nc(N)c2c1C. The molecule has 0 aliphatic carbocycles. The van der Waals surface area contributed by atoms with Gasteiger partial charge in [0.2, 0.25) is 0 Å². The van der Waals surface area contributed by atoms with Crippen molar-refractivity contribution in [2.75, 3.05) is 18.8 Å². The molecule has 1 aliphatic rings. The predicted molar refractivity (Wildman–Crippen MR) is 84.0 cm³/mol. The van der Waals surface area contributed by atoms with E-state index in [0.717, 1.165) is 35.6 Å². The molecule has 1 saturated heterocycles. The first-order valence-corrected chi connectivity index (χ1v) is 7.78. The lowest BCUT2D eigenvalue weighted by Crippen LogP contribution is -2.43. The van der Waals surface area contributed by atoms with Gasteiger partial charge in [-0.05, 0) is 39.3 Å². The molecule has 0 saturated carbocycles. The van der Waals surface area contributed by atoms with Gasteiger partial charge < -0.3 is 16.4 Å². The second kappa shape index (κ2) is 4.95. The summed E-state index contributed by atoms with van der Waals surface area (Å²) in [7, 11) is 0. The summed E-state index contributed by atoms with van der Waals surface area (Å²) in [6.07, 6.45) is 1.13. The van der Waals surface area contributed by atoms with Crippen molar-refractivity contribution in [2.24, 2.45) is 0 Å². The van der Waals surface area contributed by atoms with Gasteiger partial charge in [-0.15, -0.1) is 11.3 Å². The topological polar surface area (TPSA) is 75.9 Å². The van der Waals surface area contributed by atoms with Crippen LogP contribution in [0, 0.1) is 13.8 Å². The highest BCUT2D eigenvalue weighted by atomic mass is 32.1. The van der Waals surface area contributed by atoms with Crippen molar-refractivity contribution in [3.8, 4) is 0 Å². The number of nitrogens with two attached hydrogens (primary N) is 1. The lowest BCUT2D eigenvalue weighted by molar-refractivity contribution is 0.381. The van der Waals surface area contributed by atoms with E-state index < -0.39 is 0 Å². The summed E-state index contributed by atoms with van der Waals surface area (Å²) in [5, 5.41) is 7.94. The molecule has 1 atom stereocenters. The summed E-state index contributed by atoms with van der Waals surface area (Å²) in [6.45, 7) is 9.13. The lowest BCUT2D eigenvalue weighted by atomic mass is 10.0. The lowest BCUT2D eigenvalue weighted by Gasteiger charge is -2.24. The van der Waals surface area contributed by atoms with Crippen LogP contribution in [0.25, 0.3) is 10.2 Å². The van der Waals surface area contributed by atoms with Gasteiger partial charge in [-0.2, -0.15) is 0 Å². The van der Waals surface area contributed by atoms with Gasteiger partial charge in [-0.3, -0.25) is 0 Å². The van der Waals surface area contributed by atoms with Gasteiger partial charge in [-0.1, -0.05) is 0 Å². The van der Waals surface area contributed by atoms with E-state index in [0.29, 0.717) is 12.4 Å². The highest BCUT2D eigenvalue weighted by Crippen LogP contribution is 2.31. The van der Waals surface area contributed by atoms with Crippen LogP contribution < -0.4 is 16.4 Å². The average Bonchev–Trinajstić information content (AvgIpc) is 2.94. The van der Waals surface area contributed by atoms with Crippen LogP contribution in [0.3, 0.4) is 0 Å². The summed E-state index contributed by atoms with van der Waals surface area (Å²) in [5.74, 6) is 1.38. The van der Waals surface area contributed by atoms with Gasteiger partial charge in [0, 0.05) is 17.0 Å². The summed E-state index contributed by atoms with van der Waals surface area (Å²) in [6, 6.07) is 0. The van der Waals surface area contributed by atoms with Gasteiger partial charge in [-0.25, -0.2) is 9.97 Å². The van der Waals surface area contributed by atoms with Gasteiger partial charge in [0.05, 0.1) is 11.9 Å². The van der Waals surface area contributed by atoms with E-state index in [1.54, 1.807) is 11.3 Å². The van der Waals surface area contributed by atoms with Gasteiger partial charge in [0.25, 0.3) is 0 Å². The third-order valence-electron chi connectivity index (χ3n) is 4.14. The number of fused-ring (bicyclic) bond motifs is 1. The van der Waals surface area contributed by atoms with Gasteiger partial charge in [0.1, 0.15) is 16.5 Å². The molecule has 0 bridgehead atoms. The Morgan fingerprint density at radius 3 is 2.90 bits per heavy atom. The summed E-state index contributed by atoms with van der Waals surface area (Å²) < 4.78 is 0. The Morgan fingerprint density at radius 2 is 2.20 bits per heavy atom. The highest BCUT2D eigenvalue weighted by molar-refractivity contribution is 7.18. The number of thiophene rings is 1. The monoisotopic (exact) mass is 291 g/mol. The van der Waals surface area contributed by atoms with Crippen LogP contribution in [-0.2, 0) is 6.54 Å². The van der Waals surface area contributed by atoms with E-state index in [-0.39, 0.29) is 5.54 Å². The number of nitrogen functional groups attached to an aromatic ring is 1. The van der Waals surface area contributed by atoms with Crippen molar-refractivity contribution < 1.29 is 0 Å². The molecular weight excluding hydrogens is 270 g/mol. The minimum atomic E-state index is 0.133. The molecule has 0 radical (unpaired) electrons. The van der Waals surface area contributed by atoms with Crippen molar-refractivity contribution in [3.05, 3.63) is 16.3 Å². The largest absolute Gasteiger partial charge is 0.383 e. The molecule has 1 fully saturated rings. The van der Waals surface area contributed by atoms with Crippen LogP contribution in [-0.4, -0.2) is 28.6 Å². The summed E-state index contributed by atoms with van der Waals surface area (Å²) in [4.78, 5) is 11.4. The number of nitrogens with one attached hydrogen (secondary N) is 2. The Hall–Kier alpha value is -1.24. The Labute approximate surface area is 123 Å². The van der Waals surface area contributed by atoms with Crippen LogP contribution >= 0.6 is 11.3 Å². The van der Waals surface area contributed by atoms with E-state index >= 15 is 0 Å². The molecule has 1 aliphatic heterocycles. The maximum Gasteiger partial charge on any atom is 0.146 e. The second-order valence-corrected chi connectivity index (χ2v) is 7.03. The minimum Gasteiger partial charge on any atom is -0.383 e. The number of rotatable bonds is 3. The predicted octanol–water partition coefficient (Wildman–Crippen LogP) is 1.73.